The molecule has 0 saturated heterocycles. The van der Waals surface area contributed by atoms with Crippen LogP contribution >= 0.6 is 0 Å². The molecule has 1 rings (SSSR count). The lowest BCUT2D eigenvalue weighted by Crippen LogP contribution is -1.94. The van der Waals surface area contributed by atoms with Crippen molar-refractivity contribution in [2.45, 2.75) is 27.2 Å². The number of benzene rings is 1. The Labute approximate surface area is 79.2 Å². The molecule has 2 nitrogen and oxygen atoms in total. The molecular formula is C11H16O2. The van der Waals surface area contributed by atoms with Crippen LogP contribution in [0.25, 0.3) is 0 Å². The van der Waals surface area contributed by atoms with Gasteiger partial charge in [-0.3, -0.25) is 0 Å². The van der Waals surface area contributed by atoms with E-state index in [-0.39, 0.29) is 0 Å². The summed E-state index contributed by atoms with van der Waals surface area (Å²) in [6.45, 7) is 5.88. The van der Waals surface area contributed by atoms with E-state index in [0.29, 0.717) is 5.75 Å². The molecule has 1 aromatic carbocycles. The first-order chi connectivity index (χ1) is 6.11. The minimum absolute atomic E-state index is 0.404. The van der Waals surface area contributed by atoms with Gasteiger partial charge in [0, 0.05) is 0 Å². The van der Waals surface area contributed by atoms with Gasteiger partial charge >= 0.3 is 0 Å². The maximum Gasteiger partial charge on any atom is 0.122 e. The molecule has 0 saturated carbocycles. The molecule has 13 heavy (non-hydrogen) atoms. The molecule has 0 amide bonds. The molecule has 72 valence electrons. The summed E-state index contributed by atoms with van der Waals surface area (Å²) in [5, 5.41) is 9.74. The van der Waals surface area contributed by atoms with Gasteiger partial charge in [0.1, 0.15) is 11.5 Å². The van der Waals surface area contributed by atoms with Gasteiger partial charge in [-0.05, 0) is 43.0 Å². The highest BCUT2D eigenvalue weighted by Gasteiger charge is 2.10. The first-order valence-corrected chi connectivity index (χ1v) is 4.47. The second kappa shape index (κ2) is 3.69. The van der Waals surface area contributed by atoms with Crippen molar-refractivity contribution in [3.05, 3.63) is 22.8 Å². The van der Waals surface area contributed by atoms with E-state index in [1.165, 1.54) is 0 Å². The molecule has 1 aromatic rings. The molecule has 2 heteroatoms. The average Bonchev–Trinajstić information content (AvgIpc) is 2.15. The summed E-state index contributed by atoms with van der Waals surface area (Å²) in [6, 6.07) is 1.90. The maximum atomic E-state index is 9.74. The summed E-state index contributed by atoms with van der Waals surface area (Å²) in [5.74, 6) is 1.26. The Bertz CT molecular complexity index is 288. The average molecular weight is 180 g/mol. The van der Waals surface area contributed by atoms with Crippen LogP contribution in [0.5, 0.6) is 11.5 Å². The topological polar surface area (TPSA) is 29.5 Å². The zero-order chi connectivity index (χ0) is 10.0. The van der Waals surface area contributed by atoms with Gasteiger partial charge in [-0.25, -0.2) is 0 Å². The summed E-state index contributed by atoms with van der Waals surface area (Å²) in [5.41, 5.74) is 2.87. The fourth-order valence-electron chi connectivity index (χ4n) is 1.42. The van der Waals surface area contributed by atoms with Gasteiger partial charge in [0.25, 0.3) is 0 Å². The van der Waals surface area contributed by atoms with Gasteiger partial charge < -0.3 is 9.84 Å². The minimum atomic E-state index is 0.404. The van der Waals surface area contributed by atoms with Gasteiger partial charge in [-0.2, -0.15) is 0 Å². The predicted molar refractivity (Wildman–Crippen MR) is 53.5 cm³/mol. The molecule has 0 aromatic heterocycles. The molecule has 0 spiro atoms. The molecule has 0 heterocycles. The maximum absolute atomic E-state index is 9.74. The Kier molecular flexibility index (Phi) is 2.81. The Morgan fingerprint density at radius 2 is 1.92 bits per heavy atom. The molecule has 0 bridgehead atoms. The van der Waals surface area contributed by atoms with Crippen molar-refractivity contribution >= 4 is 0 Å². The Morgan fingerprint density at radius 3 is 2.38 bits per heavy atom. The zero-order valence-electron chi connectivity index (χ0n) is 8.64. The van der Waals surface area contributed by atoms with Gasteiger partial charge in [-0.15, -0.1) is 0 Å². The molecule has 0 aliphatic carbocycles. The number of methoxy groups -OCH3 is 1. The van der Waals surface area contributed by atoms with Crippen LogP contribution < -0.4 is 4.74 Å². The Hall–Kier alpha value is -1.18. The van der Waals surface area contributed by atoms with Crippen LogP contribution in [-0.4, -0.2) is 12.2 Å². The summed E-state index contributed by atoms with van der Waals surface area (Å²) < 4.78 is 5.21. The first-order valence-electron chi connectivity index (χ1n) is 4.47. The number of aryl methyl sites for hydroxylation is 1. The van der Waals surface area contributed by atoms with Crippen molar-refractivity contribution in [2.24, 2.45) is 0 Å². The van der Waals surface area contributed by atoms with Crippen LogP contribution in [-0.2, 0) is 6.42 Å². The summed E-state index contributed by atoms with van der Waals surface area (Å²) in [6.07, 6.45) is 0.823. The highest BCUT2D eigenvalue weighted by Crippen LogP contribution is 2.32. The lowest BCUT2D eigenvalue weighted by molar-refractivity contribution is 0.406. The van der Waals surface area contributed by atoms with Crippen LogP contribution in [0, 0.1) is 13.8 Å². The third-order valence-corrected chi connectivity index (χ3v) is 2.50. The second-order valence-corrected chi connectivity index (χ2v) is 3.19. The number of phenolic OH excluding ortho intramolecular Hbond substituents is 1. The van der Waals surface area contributed by atoms with Crippen molar-refractivity contribution in [1.29, 1.82) is 0 Å². The normalized spacial score (nSPS) is 10.2. The van der Waals surface area contributed by atoms with Crippen LogP contribution in [0.1, 0.15) is 23.6 Å². The highest BCUT2D eigenvalue weighted by atomic mass is 16.5. The number of rotatable bonds is 2. The van der Waals surface area contributed by atoms with Crippen molar-refractivity contribution in [3.63, 3.8) is 0 Å². The van der Waals surface area contributed by atoms with Crippen LogP contribution in [0.2, 0.25) is 0 Å². The number of phenols is 1. The van der Waals surface area contributed by atoms with Crippen molar-refractivity contribution in [1.82, 2.24) is 0 Å². The third-order valence-electron chi connectivity index (χ3n) is 2.50. The molecular weight excluding hydrogens is 164 g/mol. The summed E-state index contributed by atoms with van der Waals surface area (Å²) >= 11 is 0. The summed E-state index contributed by atoms with van der Waals surface area (Å²) in [4.78, 5) is 0. The molecule has 0 aliphatic rings. The number of hydrogen-bond acceptors (Lipinski definition) is 2. The first kappa shape index (κ1) is 9.90. The van der Waals surface area contributed by atoms with Gasteiger partial charge in [0.2, 0.25) is 0 Å². The van der Waals surface area contributed by atoms with E-state index in [2.05, 4.69) is 0 Å². The number of ether oxygens (including phenoxy) is 1. The van der Waals surface area contributed by atoms with Gasteiger partial charge in [-0.1, -0.05) is 6.92 Å². The predicted octanol–water partition coefficient (Wildman–Crippen LogP) is 2.58. The lowest BCUT2D eigenvalue weighted by atomic mass is 10.0. The van der Waals surface area contributed by atoms with E-state index in [1.807, 2.05) is 26.8 Å². The van der Waals surface area contributed by atoms with Gasteiger partial charge in [0.05, 0.1) is 7.11 Å². The molecule has 1 N–H and O–H groups in total. The van der Waals surface area contributed by atoms with E-state index in [0.717, 1.165) is 28.9 Å². The fraction of sp³-hybridized carbons (Fsp3) is 0.455. The van der Waals surface area contributed by atoms with E-state index < -0.39 is 0 Å². The molecule has 0 radical (unpaired) electrons. The van der Waals surface area contributed by atoms with E-state index in [4.69, 9.17) is 4.74 Å². The molecule has 0 fully saturated rings. The van der Waals surface area contributed by atoms with E-state index in [1.54, 1.807) is 7.11 Å². The van der Waals surface area contributed by atoms with Crippen LogP contribution in [0.3, 0.4) is 0 Å². The quantitative estimate of drug-likeness (QED) is 0.758. The third kappa shape index (κ3) is 1.62. The monoisotopic (exact) mass is 180 g/mol. The lowest BCUT2D eigenvalue weighted by Gasteiger charge is -2.12. The van der Waals surface area contributed by atoms with Crippen LogP contribution in [0.4, 0.5) is 0 Å². The van der Waals surface area contributed by atoms with Crippen molar-refractivity contribution < 1.29 is 9.84 Å². The smallest absolute Gasteiger partial charge is 0.122 e. The number of aromatic hydroxyl groups is 1. The standard InChI is InChI=1S/C11H16O2/c1-5-9-6-10(13-4)7(2)8(3)11(9)12/h6,12H,5H2,1-4H3. The Morgan fingerprint density at radius 1 is 1.31 bits per heavy atom. The Balaban J connectivity index is 3.36. The largest absolute Gasteiger partial charge is 0.507 e. The second-order valence-electron chi connectivity index (χ2n) is 3.19. The molecule has 0 unspecified atom stereocenters. The highest BCUT2D eigenvalue weighted by molar-refractivity contribution is 5.51. The molecule has 0 aliphatic heterocycles. The summed E-state index contributed by atoms with van der Waals surface area (Å²) in [7, 11) is 1.65. The van der Waals surface area contributed by atoms with E-state index >= 15 is 0 Å². The van der Waals surface area contributed by atoms with Crippen molar-refractivity contribution in [2.75, 3.05) is 7.11 Å². The fourth-order valence-corrected chi connectivity index (χ4v) is 1.42. The zero-order valence-corrected chi connectivity index (χ0v) is 8.64. The number of hydrogen-bond donors (Lipinski definition) is 1. The van der Waals surface area contributed by atoms with Crippen molar-refractivity contribution in [3.8, 4) is 11.5 Å². The van der Waals surface area contributed by atoms with E-state index in [9.17, 15) is 5.11 Å². The molecule has 0 atom stereocenters. The van der Waals surface area contributed by atoms with Crippen LogP contribution in [0.15, 0.2) is 6.07 Å². The minimum Gasteiger partial charge on any atom is -0.507 e. The SMILES string of the molecule is CCc1cc(OC)c(C)c(C)c1O. The van der Waals surface area contributed by atoms with Gasteiger partial charge in [0.15, 0.2) is 0 Å².